The fourth-order valence-corrected chi connectivity index (χ4v) is 1.77. The second-order valence-corrected chi connectivity index (χ2v) is 4.20. The minimum absolute atomic E-state index is 0.0956. The number of nitrogens with one attached hydrogen (secondary N) is 2. The highest BCUT2D eigenvalue weighted by Gasteiger charge is 2.12. The molecule has 0 aliphatic rings. The summed E-state index contributed by atoms with van der Waals surface area (Å²) in [4.78, 5) is 10.1. The Labute approximate surface area is 108 Å². The van der Waals surface area contributed by atoms with Gasteiger partial charge in [0, 0.05) is 29.6 Å². The molecule has 0 aliphatic carbocycles. The Morgan fingerprint density at radius 1 is 1.56 bits per heavy atom. The lowest BCUT2D eigenvalue weighted by molar-refractivity contribution is -0.384. The molecule has 2 rings (SSSR count). The summed E-state index contributed by atoms with van der Waals surface area (Å²) >= 11 is 5.82. The van der Waals surface area contributed by atoms with Crippen molar-refractivity contribution in [3.63, 3.8) is 0 Å². The van der Waals surface area contributed by atoms with E-state index in [0.29, 0.717) is 6.54 Å². The van der Waals surface area contributed by atoms with Gasteiger partial charge in [0.25, 0.3) is 5.69 Å². The summed E-state index contributed by atoms with van der Waals surface area (Å²) in [6, 6.07) is 4.54. The average molecular weight is 267 g/mol. The largest absolute Gasteiger partial charge is 0.381 e. The highest BCUT2D eigenvalue weighted by atomic mass is 35.5. The fourth-order valence-electron chi connectivity index (χ4n) is 1.52. The van der Waals surface area contributed by atoms with Crippen LogP contribution in [0.4, 0.5) is 11.4 Å². The molecular formula is C11H11ClN4O2. The summed E-state index contributed by atoms with van der Waals surface area (Å²) < 4.78 is 0. The van der Waals surface area contributed by atoms with Crippen molar-refractivity contribution in [2.75, 3.05) is 5.32 Å². The number of halogens is 1. The number of aromatic nitrogens is 2. The Morgan fingerprint density at radius 2 is 2.33 bits per heavy atom. The second-order valence-electron chi connectivity index (χ2n) is 3.80. The predicted molar refractivity (Wildman–Crippen MR) is 68.8 cm³/mol. The SMILES string of the molecule is Cc1[nH]ncc1CNc1ccc([N+](=O)[O-])c(Cl)c1. The van der Waals surface area contributed by atoms with Crippen LogP contribution in [0.1, 0.15) is 11.3 Å². The Hall–Kier alpha value is -2.08. The summed E-state index contributed by atoms with van der Waals surface area (Å²) in [7, 11) is 0. The zero-order valence-electron chi connectivity index (χ0n) is 9.61. The third-order valence-electron chi connectivity index (χ3n) is 2.56. The van der Waals surface area contributed by atoms with Gasteiger partial charge in [-0.05, 0) is 19.1 Å². The van der Waals surface area contributed by atoms with Gasteiger partial charge < -0.3 is 5.32 Å². The first-order valence-electron chi connectivity index (χ1n) is 5.24. The first-order valence-corrected chi connectivity index (χ1v) is 5.62. The molecule has 1 heterocycles. The van der Waals surface area contributed by atoms with E-state index in [2.05, 4.69) is 15.5 Å². The van der Waals surface area contributed by atoms with Gasteiger partial charge in [-0.2, -0.15) is 5.10 Å². The Morgan fingerprint density at radius 3 is 2.89 bits per heavy atom. The summed E-state index contributed by atoms with van der Waals surface area (Å²) in [5, 5.41) is 20.6. The molecule has 0 spiro atoms. The third-order valence-corrected chi connectivity index (χ3v) is 2.86. The molecule has 2 N–H and O–H groups in total. The third kappa shape index (κ3) is 2.60. The first-order chi connectivity index (χ1) is 8.58. The standard InChI is InChI=1S/C11H11ClN4O2/c1-7-8(6-14-15-7)5-13-9-2-3-11(16(17)18)10(12)4-9/h2-4,6,13H,5H2,1H3,(H,14,15). The lowest BCUT2D eigenvalue weighted by Gasteiger charge is -2.06. The number of aryl methyl sites for hydroxylation is 1. The molecule has 0 unspecified atom stereocenters. The normalized spacial score (nSPS) is 10.3. The van der Waals surface area contributed by atoms with E-state index in [-0.39, 0.29) is 10.7 Å². The fraction of sp³-hybridized carbons (Fsp3) is 0.182. The van der Waals surface area contributed by atoms with Crippen LogP contribution in [0.3, 0.4) is 0 Å². The van der Waals surface area contributed by atoms with Gasteiger partial charge in [0.2, 0.25) is 0 Å². The Kier molecular flexibility index (Phi) is 3.47. The van der Waals surface area contributed by atoms with Crippen molar-refractivity contribution in [1.82, 2.24) is 10.2 Å². The molecule has 0 atom stereocenters. The predicted octanol–water partition coefficient (Wildman–Crippen LogP) is 2.89. The number of nitro benzene ring substituents is 1. The van der Waals surface area contributed by atoms with E-state index in [4.69, 9.17) is 11.6 Å². The van der Waals surface area contributed by atoms with E-state index in [0.717, 1.165) is 16.9 Å². The van der Waals surface area contributed by atoms with Gasteiger partial charge in [-0.15, -0.1) is 0 Å². The molecule has 0 saturated heterocycles. The van der Waals surface area contributed by atoms with Crippen LogP contribution in [-0.4, -0.2) is 15.1 Å². The summed E-state index contributed by atoms with van der Waals surface area (Å²) in [6.45, 7) is 2.50. The lowest BCUT2D eigenvalue weighted by atomic mass is 10.2. The average Bonchev–Trinajstić information content (AvgIpc) is 2.72. The van der Waals surface area contributed by atoms with Crippen molar-refractivity contribution in [2.24, 2.45) is 0 Å². The number of benzene rings is 1. The second kappa shape index (κ2) is 5.05. The van der Waals surface area contributed by atoms with Crippen LogP contribution >= 0.6 is 11.6 Å². The highest BCUT2D eigenvalue weighted by Crippen LogP contribution is 2.27. The number of hydrogen-bond acceptors (Lipinski definition) is 4. The Bertz CT molecular complexity index is 582. The molecule has 1 aromatic carbocycles. The van der Waals surface area contributed by atoms with Crippen LogP contribution < -0.4 is 5.32 Å². The van der Waals surface area contributed by atoms with Crippen molar-refractivity contribution in [1.29, 1.82) is 0 Å². The number of rotatable bonds is 4. The van der Waals surface area contributed by atoms with Gasteiger partial charge in [-0.3, -0.25) is 15.2 Å². The van der Waals surface area contributed by atoms with Gasteiger partial charge in [-0.1, -0.05) is 11.6 Å². The van der Waals surface area contributed by atoms with Crippen molar-refractivity contribution in [3.05, 3.63) is 50.8 Å². The number of nitro groups is 1. The molecule has 6 nitrogen and oxygen atoms in total. The molecule has 2 aromatic rings. The van der Waals surface area contributed by atoms with Crippen LogP contribution in [-0.2, 0) is 6.54 Å². The minimum Gasteiger partial charge on any atom is -0.381 e. The molecule has 18 heavy (non-hydrogen) atoms. The van der Waals surface area contributed by atoms with E-state index in [1.54, 1.807) is 12.3 Å². The van der Waals surface area contributed by atoms with Crippen molar-refractivity contribution >= 4 is 23.0 Å². The van der Waals surface area contributed by atoms with Crippen molar-refractivity contribution in [3.8, 4) is 0 Å². The van der Waals surface area contributed by atoms with Crippen LogP contribution in [0.5, 0.6) is 0 Å². The number of aromatic amines is 1. The molecule has 0 radical (unpaired) electrons. The number of hydrogen-bond donors (Lipinski definition) is 2. The summed E-state index contributed by atoms with van der Waals surface area (Å²) in [5.74, 6) is 0. The maximum Gasteiger partial charge on any atom is 0.288 e. The Balaban J connectivity index is 2.09. The lowest BCUT2D eigenvalue weighted by Crippen LogP contribution is -2.00. The van der Waals surface area contributed by atoms with E-state index < -0.39 is 4.92 Å². The van der Waals surface area contributed by atoms with E-state index in [1.165, 1.54) is 12.1 Å². The smallest absolute Gasteiger partial charge is 0.288 e. The van der Waals surface area contributed by atoms with E-state index >= 15 is 0 Å². The molecule has 0 fully saturated rings. The van der Waals surface area contributed by atoms with Crippen LogP contribution in [0.2, 0.25) is 5.02 Å². The van der Waals surface area contributed by atoms with Crippen LogP contribution in [0, 0.1) is 17.0 Å². The van der Waals surface area contributed by atoms with Gasteiger partial charge in [0.05, 0.1) is 11.1 Å². The molecule has 0 aliphatic heterocycles. The quantitative estimate of drug-likeness (QED) is 0.658. The van der Waals surface area contributed by atoms with E-state index in [9.17, 15) is 10.1 Å². The molecule has 0 bridgehead atoms. The van der Waals surface area contributed by atoms with Gasteiger partial charge in [0.15, 0.2) is 0 Å². The van der Waals surface area contributed by atoms with Gasteiger partial charge >= 0.3 is 0 Å². The number of anilines is 1. The zero-order valence-corrected chi connectivity index (χ0v) is 10.4. The van der Waals surface area contributed by atoms with Crippen molar-refractivity contribution < 1.29 is 4.92 Å². The van der Waals surface area contributed by atoms with Crippen LogP contribution in [0.15, 0.2) is 24.4 Å². The molecule has 1 aromatic heterocycles. The maximum atomic E-state index is 10.6. The summed E-state index contributed by atoms with van der Waals surface area (Å²) in [6.07, 6.45) is 1.73. The topological polar surface area (TPSA) is 83.8 Å². The van der Waals surface area contributed by atoms with Gasteiger partial charge in [0.1, 0.15) is 5.02 Å². The first kappa shape index (κ1) is 12.4. The number of H-pyrrole nitrogens is 1. The maximum absolute atomic E-state index is 10.6. The zero-order chi connectivity index (χ0) is 13.1. The molecule has 0 amide bonds. The number of nitrogens with zero attached hydrogens (tertiary/aromatic N) is 2. The highest BCUT2D eigenvalue weighted by molar-refractivity contribution is 6.32. The van der Waals surface area contributed by atoms with Gasteiger partial charge in [-0.25, -0.2) is 0 Å². The summed E-state index contributed by atoms with van der Waals surface area (Å²) in [5.41, 5.74) is 2.65. The molecule has 94 valence electrons. The molecular weight excluding hydrogens is 256 g/mol. The van der Waals surface area contributed by atoms with Crippen molar-refractivity contribution in [2.45, 2.75) is 13.5 Å². The van der Waals surface area contributed by atoms with Crippen LogP contribution in [0.25, 0.3) is 0 Å². The molecule has 0 saturated carbocycles. The minimum atomic E-state index is -0.508. The van der Waals surface area contributed by atoms with E-state index in [1.807, 2.05) is 6.92 Å². The monoisotopic (exact) mass is 266 g/mol. The molecule has 7 heteroatoms.